The number of benzene rings is 2. The number of carbonyl (C=O) groups is 1. The average molecular weight is 292 g/mol. The quantitative estimate of drug-likeness (QED) is 0.907. The minimum atomic E-state index is -0.810. The highest BCUT2D eigenvalue weighted by Gasteiger charge is 2.21. The molecule has 0 fully saturated rings. The second-order valence-corrected chi connectivity index (χ2v) is 5.72. The number of aliphatic hydroxyl groups is 1. The van der Waals surface area contributed by atoms with E-state index < -0.39 is 6.10 Å². The van der Waals surface area contributed by atoms with Crippen LogP contribution in [-0.2, 0) is 4.79 Å². The Balaban J connectivity index is 1.83. The molecule has 0 heterocycles. The van der Waals surface area contributed by atoms with Gasteiger partial charge in [0.1, 0.15) is 6.10 Å². The summed E-state index contributed by atoms with van der Waals surface area (Å²) >= 11 is 0. The Labute approximate surface area is 131 Å². The molecule has 22 heavy (non-hydrogen) atoms. The smallest absolute Gasteiger partial charge is 0.161 e. The van der Waals surface area contributed by atoms with Crippen molar-refractivity contribution in [2.45, 2.75) is 31.8 Å². The summed E-state index contributed by atoms with van der Waals surface area (Å²) in [7, 11) is 0. The number of allylic oxidation sites excluding steroid dienone is 1. The zero-order valence-electron chi connectivity index (χ0n) is 12.5. The van der Waals surface area contributed by atoms with Crippen LogP contribution in [0.5, 0.6) is 0 Å². The fraction of sp³-hybridized carbons (Fsp3) is 0.250. The van der Waals surface area contributed by atoms with Crippen molar-refractivity contribution in [1.82, 2.24) is 0 Å². The lowest BCUT2D eigenvalue weighted by molar-refractivity contribution is -0.116. The third-order valence-corrected chi connectivity index (χ3v) is 4.17. The Kier molecular flexibility index (Phi) is 4.50. The zero-order valence-corrected chi connectivity index (χ0v) is 12.5. The molecular weight excluding hydrogens is 272 g/mol. The summed E-state index contributed by atoms with van der Waals surface area (Å²) in [6, 6.07) is 17.9. The van der Waals surface area contributed by atoms with Gasteiger partial charge in [-0.15, -0.1) is 0 Å². The average Bonchev–Trinajstić information content (AvgIpc) is 2.80. The molecule has 0 saturated carbocycles. The predicted octanol–water partition coefficient (Wildman–Crippen LogP) is 4.46. The summed E-state index contributed by atoms with van der Waals surface area (Å²) in [6.45, 7) is 0. The molecule has 0 aromatic heterocycles. The van der Waals surface area contributed by atoms with E-state index in [0.29, 0.717) is 12.0 Å². The molecule has 112 valence electrons. The van der Waals surface area contributed by atoms with Crippen LogP contribution >= 0.6 is 0 Å². The molecule has 1 unspecified atom stereocenters. The summed E-state index contributed by atoms with van der Waals surface area (Å²) in [4.78, 5) is 12.1. The van der Waals surface area contributed by atoms with Gasteiger partial charge in [0.25, 0.3) is 0 Å². The summed E-state index contributed by atoms with van der Waals surface area (Å²) < 4.78 is 0. The van der Waals surface area contributed by atoms with Crippen molar-refractivity contribution in [3.8, 4) is 11.1 Å². The van der Waals surface area contributed by atoms with Crippen molar-refractivity contribution in [3.63, 3.8) is 0 Å². The van der Waals surface area contributed by atoms with Gasteiger partial charge in [-0.05, 0) is 36.0 Å². The summed E-state index contributed by atoms with van der Waals surface area (Å²) in [6.07, 6.45) is 4.46. The molecule has 0 spiro atoms. The molecular formula is C20H20O2. The standard InChI is InChI=1S/C20H20O2/c21-19-10-6-2-5-9-18(19)20(22)17-13-11-16(12-14-17)15-7-3-1-4-8-15/h1,3-4,7-9,11-14,20,22H,2,5-6,10H2. The SMILES string of the molecule is O=C1CCCCC=C1C(O)c1ccc(-c2ccccc2)cc1. The number of rotatable bonds is 3. The second-order valence-electron chi connectivity index (χ2n) is 5.72. The van der Waals surface area contributed by atoms with Crippen LogP contribution in [0.2, 0.25) is 0 Å². The molecule has 2 aromatic rings. The third-order valence-electron chi connectivity index (χ3n) is 4.17. The monoisotopic (exact) mass is 292 g/mol. The molecule has 0 aliphatic heterocycles. The number of hydrogen-bond acceptors (Lipinski definition) is 2. The van der Waals surface area contributed by atoms with E-state index in [1.807, 2.05) is 48.5 Å². The van der Waals surface area contributed by atoms with Crippen molar-refractivity contribution < 1.29 is 9.90 Å². The maximum Gasteiger partial charge on any atom is 0.161 e. The van der Waals surface area contributed by atoms with Crippen molar-refractivity contribution in [1.29, 1.82) is 0 Å². The summed E-state index contributed by atoms with van der Waals surface area (Å²) in [5.74, 6) is 0.0807. The van der Waals surface area contributed by atoms with Gasteiger partial charge in [-0.3, -0.25) is 4.79 Å². The van der Waals surface area contributed by atoms with Crippen LogP contribution in [0.4, 0.5) is 0 Å². The fourth-order valence-electron chi connectivity index (χ4n) is 2.88. The highest BCUT2D eigenvalue weighted by atomic mass is 16.3. The molecule has 0 radical (unpaired) electrons. The molecule has 2 heteroatoms. The first kappa shape index (κ1) is 14.7. The van der Waals surface area contributed by atoms with E-state index in [4.69, 9.17) is 0 Å². The summed E-state index contributed by atoms with van der Waals surface area (Å²) in [5.41, 5.74) is 3.59. The highest BCUT2D eigenvalue weighted by molar-refractivity contribution is 5.96. The normalized spacial score (nSPS) is 16.8. The lowest BCUT2D eigenvalue weighted by atomic mass is 9.95. The second kappa shape index (κ2) is 6.71. The number of ketones is 1. The Hall–Kier alpha value is -2.19. The molecule has 2 nitrogen and oxygen atoms in total. The first-order chi connectivity index (χ1) is 10.8. The molecule has 2 aromatic carbocycles. The molecule has 0 amide bonds. The van der Waals surface area contributed by atoms with Gasteiger partial charge >= 0.3 is 0 Å². The first-order valence-electron chi connectivity index (χ1n) is 7.82. The Morgan fingerprint density at radius 3 is 2.27 bits per heavy atom. The van der Waals surface area contributed by atoms with E-state index >= 15 is 0 Å². The van der Waals surface area contributed by atoms with Gasteiger partial charge in [-0.1, -0.05) is 60.7 Å². The molecule has 1 aliphatic carbocycles. The van der Waals surface area contributed by atoms with Gasteiger partial charge in [0.2, 0.25) is 0 Å². The van der Waals surface area contributed by atoms with E-state index in [1.165, 1.54) is 0 Å². The van der Waals surface area contributed by atoms with Crippen molar-refractivity contribution in [2.24, 2.45) is 0 Å². The van der Waals surface area contributed by atoms with E-state index in [0.717, 1.165) is 36.0 Å². The summed E-state index contributed by atoms with van der Waals surface area (Å²) in [5, 5.41) is 10.5. The Morgan fingerprint density at radius 1 is 0.864 bits per heavy atom. The van der Waals surface area contributed by atoms with Crippen LogP contribution in [0.1, 0.15) is 37.4 Å². The maximum absolute atomic E-state index is 12.1. The van der Waals surface area contributed by atoms with Crippen molar-refractivity contribution >= 4 is 5.78 Å². The Bertz CT molecular complexity index is 669. The van der Waals surface area contributed by atoms with Gasteiger partial charge in [0, 0.05) is 12.0 Å². The van der Waals surface area contributed by atoms with Crippen LogP contribution in [0.3, 0.4) is 0 Å². The van der Waals surface area contributed by atoms with E-state index in [-0.39, 0.29) is 5.78 Å². The highest BCUT2D eigenvalue weighted by Crippen LogP contribution is 2.28. The van der Waals surface area contributed by atoms with Crippen LogP contribution in [-0.4, -0.2) is 10.9 Å². The van der Waals surface area contributed by atoms with Crippen molar-refractivity contribution in [3.05, 3.63) is 71.8 Å². The number of Topliss-reactive ketones (excluding diaryl/α,β-unsaturated/α-hetero) is 1. The van der Waals surface area contributed by atoms with Gasteiger partial charge in [-0.25, -0.2) is 0 Å². The van der Waals surface area contributed by atoms with Crippen molar-refractivity contribution in [2.75, 3.05) is 0 Å². The first-order valence-corrected chi connectivity index (χ1v) is 7.82. The maximum atomic E-state index is 12.1. The van der Waals surface area contributed by atoms with Gasteiger partial charge in [-0.2, -0.15) is 0 Å². The lowest BCUT2D eigenvalue weighted by Crippen LogP contribution is -2.10. The van der Waals surface area contributed by atoms with Gasteiger partial charge in [0.15, 0.2) is 5.78 Å². The van der Waals surface area contributed by atoms with E-state index in [9.17, 15) is 9.90 Å². The Morgan fingerprint density at radius 2 is 1.55 bits per heavy atom. The molecule has 0 saturated heterocycles. The van der Waals surface area contributed by atoms with Gasteiger partial charge in [0.05, 0.1) is 0 Å². The molecule has 3 rings (SSSR count). The van der Waals surface area contributed by atoms with Crippen LogP contribution in [0.15, 0.2) is 66.2 Å². The third kappa shape index (κ3) is 3.18. The molecule has 1 atom stereocenters. The zero-order chi connectivity index (χ0) is 15.4. The van der Waals surface area contributed by atoms with Gasteiger partial charge < -0.3 is 5.11 Å². The van der Waals surface area contributed by atoms with Crippen LogP contribution in [0, 0.1) is 0 Å². The minimum Gasteiger partial charge on any atom is -0.384 e. The topological polar surface area (TPSA) is 37.3 Å². The largest absolute Gasteiger partial charge is 0.384 e. The fourth-order valence-corrected chi connectivity index (χ4v) is 2.88. The van der Waals surface area contributed by atoms with Crippen LogP contribution in [0.25, 0.3) is 11.1 Å². The number of aliphatic hydroxyl groups excluding tert-OH is 1. The predicted molar refractivity (Wildman–Crippen MR) is 88.4 cm³/mol. The molecule has 1 aliphatic rings. The van der Waals surface area contributed by atoms with E-state index in [1.54, 1.807) is 0 Å². The number of carbonyl (C=O) groups excluding carboxylic acids is 1. The number of hydrogen-bond donors (Lipinski definition) is 1. The molecule has 1 N–H and O–H groups in total. The van der Waals surface area contributed by atoms with Crippen LogP contribution < -0.4 is 0 Å². The van der Waals surface area contributed by atoms with E-state index in [2.05, 4.69) is 12.1 Å². The minimum absolute atomic E-state index is 0.0807. The molecule has 0 bridgehead atoms. The lowest BCUT2D eigenvalue weighted by Gasteiger charge is -2.14.